The van der Waals surface area contributed by atoms with Crippen molar-refractivity contribution in [3.8, 4) is 11.9 Å². The lowest BCUT2D eigenvalue weighted by atomic mass is 10.0. The van der Waals surface area contributed by atoms with Gasteiger partial charge in [0.1, 0.15) is 5.84 Å². The number of hydrogen-bond acceptors (Lipinski definition) is 6. The zero-order valence-corrected chi connectivity index (χ0v) is 20.2. The number of piperidine rings is 1. The summed E-state index contributed by atoms with van der Waals surface area (Å²) in [7, 11) is 0. The molecule has 34 heavy (non-hydrogen) atoms. The van der Waals surface area contributed by atoms with Crippen LogP contribution in [0.25, 0.3) is 0 Å². The lowest BCUT2D eigenvalue weighted by Gasteiger charge is -2.35. The molecule has 1 fully saturated rings. The van der Waals surface area contributed by atoms with Crippen LogP contribution >= 0.6 is 0 Å². The number of allylic oxidation sites excluding steroid dienone is 6. The van der Waals surface area contributed by atoms with Crippen LogP contribution in [0.15, 0.2) is 58.9 Å². The number of nitrogens with zero attached hydrogens (tertiary/aromatic N) is 5. The number of hydrogen-bond donors (Lipinski definition) is 2. The number of aromatic hydroxyl groups is 1. The van der Waals surface area contributed by atoms with Crippen LogP contribution in [-0.4, -0.2) is 56.7 Å². The Labute approximate surface area is 201 Å². The van der Waals surface area contributed by atoms with Crippen molar-refractivity contribution >= 4 is 11.7 Å². The molecule has 2 aliphatic rings. The van der Waals surface area contributed by atoms with Gasteiger partial charge in [-0.1, -0.05) is 24.3 Å². The number of amides is 1. The monoisotopic (exact) mass is 462 g/mol. The Balaban J connectivity index is 1.55. The lowest BCUT2D eigenvalue weighted by molar-refractivity contribution is -0.118. The Kier molecular flexibility index (Phi) is 9.00. The second kappa shape index (κ2) is 12.1. The number of rotatable bonds is 7. The number of aromatic nitrogens is 2. The van der Waals surface area contributed by atoms with E-state index in [0.717, 1.165) is 25.9 Å². The van der Waals surface area contributed by atoms with Gasteiger partial charge in [-0.3, -0.25) is 4.79 Å². The summed E-state index contributed by atoms with van der Waals surface area (Å²) in [5.74, 6) is 0.616. The predicted molar refractivity (Wildman–Crippen MR) is 133 cm³/mol. The van der Waals surface area contributed by atoms with Crippen molar-refractivity contribution in [2.24, 2.45) is 4.99 Å². The minimum atomic E-state index is -0.0492. The first kappa shape index (κ1) is 25.2. The van der Waals surface area contributed by atoms with E-state index in [1.54, 1.807) is 30.6 Å². The third kappa shape index (κ3) is 6.55. The normalized spacial score (nSPS) is 18.4. The smallest absolute Gasteiger partial charge is 0.248 e. The Hall–Kier alpha value is -3.44. The molecule has 3 heterocycles. The highest BCUT2D eigenvalue weighted by atomic mass is 16.3. The van der Waals surface area contributed by atoms with Crippen LogP contribution in [0.4, 0.5) is 0 Å². The van der Waals surface area contributed by atoms with Gasteiger partial charge in [0, 0.05) is 54.5 Å². The van der Waals surface area contributed by atoms with E-state index >= 15 is 0 Å². The molecule has 1 saturated heterocycles. The van der Waals surface area contributed by atoms with Gasteiger partial charge >= 0.3 is 0 Å². The van der Waals surface area contributed by atoms with E-state index in [2.05, 4.69) is 40.2 Å². The molecule has 0 spiro atoms. The molecule has 0 unspecified atom stereocenters. The van der Waals surface area contributed by atoms with Gasteiger partial charge in [-0.05, 0) is 52.5 Å². The van der Waals surface area contributed by atoms with Gasteiger partial charge in [-0.15, -0.1) is 0 Å². The van der Waals surface area contributed by atoms with Crippen molar-refractivity contribution < 1.29 is 9.90 Å². The fourth-order valence-corrected chi connectivity index (χ4v) is 4.04. The average molecular weight is 463 g/mol. The molecule has 0 aromatic carbocycles. The number of likely N-dealkylation sites (tertiary alicyclic amines) is 1. The van der Waals surface area contributed by atoms with E-state index in [9.17, 15) is 9.90 Å². The van der Waals surface area contributed by atoms with E-state index < -0.39 is 0 Å². The lowest BCUT2D eigenvalue weighted by Crippen LogP contribution is -2.47. The molecule has 2 aliphatic heterocycles. The third-order valence-corrected chi connectivity index (χ3v) is 6.24. The minimum Gasteiger partial charge on any atom is -0.493 e. The van der Waals surface area contributed by atoms with E-state index in [0.29, 0.717) is 47.8 Å². The van der Waals surface area contributed by atoms with Crippen LogP contribution in [0.5, 0.6) is 5.88 Å². The SMILES string of the molecule is C\C=C(C#N)/C=C\C=C\Cc1cnn(C2=NC=C(C(=O)NC3CCN(C(C)C)CC3)CC2)c1O. The molecule has 1 aromatic rings. The fourth-order valence-electron chi connectivity index (χ4n) is 4.04. The first-order valence-electron chi connectivity index (χ1n) is 11.9. The summed E-state index contributed by atoms with van der Waals surface area (Å²) in [6, 6.07) is 2.83. The summed E-state index contributed by atoms with van der Waals surface area (Å²) in [5, 5.41) is 26.9. The minimum absolute atomic E-state index is 0.0492. The van der Waals surface area contributed by atoms with Crippen LogP contribution in [0, 0.1) is 11.3 Å². The third-order valence-electron chi connectivity index (χ3n) is 6.24. The largest absolute Gasteiger partial charge is 0.493 e. The molecule has 8 heteroatoms. The molecule has 2 N–H and O–H groups in total. The van der Waals surface area contributed by atoms with Gasteiger partial charge < -0.3 is 15.3 Å². The van der Waals surface area contributed by atoms with Gasteiger partial charge in [0.15, 0.2) is 0 Å². The van der Waals surface area contributed by atoms with Crippen LogP contribution < -0.4 is 5.32 Å². The fraction of sp³-hybridized carbons (Fsp3) is 0.462. The topological polar surface area (TPSA) is 107 Å². The van der Waals surface area contributed by atoms with E-state index in [1.807, 2.05) is 19.1 Å². The standard InChI is InChI=1S/C26H34N6O2/c1-4-20(16-27)8-6-5-7-9-22-18-29-32(26(22)34)24-11-10-21(17-28-24)25(33)30-23-12-14-31(15-13-23)19(2)3/h4-8,17-19,23,34H,9-15H2,1-3H3,(H,30,33)/b7-5+,8-6-,20-4+. The van der Waals surface area contributed by atoms with Gasteiger partial charge in [0.05, 0.1) is 12.3 Å². The summed E-state index contributed by atoms with van der Waals surface area (Å²) in [6.45, 7) is 8.23. The van der Waals surface area contributed by atoms with Gasteiger partial charge in [0.2, 0.25) is 11.8 Å². The molecule has 0 bridgehead atoms. The van der Waals surface area contributed by atoms with Crippen molar-refractivity contribution in [3.05, 3.63) is 59.5 Å². The van der Waals surface area contributed by atoms with Crippen molar-refractivity contribution in [2.45, 2.75) is 65.0 Å². The Bertz CT molecular complexity index is 1060. The molecule has 8 nitrogen and oxygen atoms in total. The Morgan fingerprint density at radius 2 is 2.09 bits per heavy atom. The highest BCUT2D eigenvalue weighted by molar-refractivity contribution is 5.97. The summed E-state index contributed by atoms with van der Waals surface area (Å²) in [6.07, 6.45) is 15.7. The average Bonchev–Trinajstić information content (AvgIpc) is 3.22. The maximum atomic E-state index is 12.7. The van der Waals surface area contributed by atoms with E-state index in [1.165, 1.54) is 4.68 Å². The molecular weight excluding hydrogens is 428 g/mol. The highest BCUT2D eigenvalue weighted by Crippen LogP contribution is 2.22. The first-order chi connectivity index (χ1) is 16.4. The number of nitrogens with one attached hydrogen (secondary N) is 1. The number of aliphatic imine (C=N–C) groups is 1. The molecule has 0 atom stereocenters. The molecule has 0 saturated carbocycles. The van der Waals surface area contributed by atoms with E-state index in [-0.39, 0.29) is 17.8 Å². The van der Waals surface area contributed by atoms with Crippen molar-refractivity contribution in [3.63, 3.8) is 0 Å². The molecule has 0 radical (unpaired) electrons. The maximum Gasteiger partial charge on any atom is 0.248 e. The number of carbonyl (C=O) groups is 1. The van der Waals surface area contributed by atoms with Crippen molar-refractivity contribution in [1.82, 2.24) is 20.0 Å². The van der Waals surface area contributed by atoms with Crippen LogP contribution in [0.1, 0.15) is 52.0 Å². The summed E-state index contributed by atoms with van der Waals surface area (Å²) < 4.78 is 1.43. The number of carbonyl (C=O) groups excluding carboxylic acids is 1. The maximum absolute atomic E-state index is 12.7. The second-order valence-electron chi connectivity index (χ2n) is 8.83. The molecule has 0 aliphatic carbocycles. The first-order valence-corrected chi connectivity index (χ1v) is 11.9. The van der Waals surface area contributed by atoms with Gasteiger partial charge in [-0.25, -0.2) is 4.99 Å². The predicted octanol–water partition coefficient (Wildman–Crippen LogP) is 3.63. The Morgan fingerprint density at radius 1 is 1.32 bits per heavy atom. The zero-order valence-electron chi connectivity index (χ0n) is 20.2. The molecular formula is C26H34N6O2. The molecule has 3 rings (SSSR count). The summed E-state index contributed by atoms with van der Waals surface area (Å²) in [5.41, 5.74) is 1.93. The summed E-state index contributed by atoms with van der Waals surface area (Å²) >= 11 is 0. The van der Waals surface area contributed by atoms with Crippen LogP contribution in [-0.2, 0) is 11.2 Å². The van der Waals surface area contributed by atoms with Crippen molar-refractivity contribution in [2.75, 3.05) is 13.1 Å². The quantitative estimate of drug-likeness (QED) is 0.475. The molecule has 1 amide bonds. The number of nitriles is 1. The Morgan fingerprint density at radius 3 is 2.71 bits per heavy atom. The van der Waals surface area contributed by atoms with E-state index in [4.69, 9.17) is 5.26 Å². The van der Waals surface area contributed by atoms with Crippen molar-refractivity contribution in [1.29, 1.82) is 5.26 Å². The second-order valence-corrected chi connectivity index (χ2v) is 8.83. The van der Waals surface area contributed by atoms with Gasteiger partial charge in [0.25, 0.3) is 0 Å². The highest BCUT2D eigenvalue weighted by Gasteiger charge is 2.24. The van der Waals surface area contributed by atoms with Crippen LogP contribution in [0.2, 0.25) is 0 Å². The zero-order chi connectivity index (χ0) is 24.5. The van der Waals surface area contributed by atoms with Crippen LogP contribution in [0.3, 0.4) is 0 Å². The molecule has 180 valence electrons. The summed E-state index contributed by atoms with van der Waals surface area (Å²) in [4.78, 5) is 19.5. The molecule has 1 aromatic heterocycles. The van der Waals surface area contributed by atoms with Gasteiger partial charge in [-0.2, -0.15) is 15.0 Å².